The van der Waals surface area contributed by atoms with Gasteiger partial charge in [-0.15, -0.1) is 0 Å². The van der Waals surface area contributed by atoms with Gasteiger partial charge in [-0.05, 0) is 63.9 Å². The van der Waals surface area contributed by atoms with Gasteiger partial charge in [0, 0.05) is 23.8 Å². The van der Waals surface area contributed by atoms with Crippen LogP contribution in [0, 0.1) is 6.92 Å². The highest BCUT2D eigenvalue weighted by Gasteiger charge is 2.19. The van der Waals surface area contributed by atoms with Crippen molar-refractivity contribution < 1.29 is 4.79 Å². The Balaban J connectivity index is 1.76. The number of nitrogens with one attached hydrogen (secondary N) is 1. The first kappa shape index (κ1) is 14.9. The highest BCUT2D eigenvalue weighted by atomic mass is 16.1. The lowest BCUT2D eigenvalue weighted by molar-refractivity contribution is -0.116. The summed E-state index contributed by atoms with van der Waals surface area (Å²) in [5.41, 5.74) is 8.29. The molecule has 1 aromatic carbocycles. The third-order valence-electron chi connectivity index (χ3n) is 4.08. The summed E-state index contributed by atoms with van der Waals surface area (Å²) in [6.45, 7) is 6.44. The number of nitrogens with zero attached hydrogens (tertiary/aromatic N) is 1. The van der Waals surface area contributed by atoms with Gasteiger partial charge in [-0.25, -0.2) is 0 Å². The number of carbonyl (C=O) groups is 1. The second-order valence-corrected chi connectivity index (χ2v) is 5.75. The van der Waals surface area contributed by atoms with E-state index >= 15 is 0 Å². The summed E-state index contributed by atoms with van der Waals surface area (Å²) in [4.78, 5) is 14.4. The van der Waals surface area contributed by atoms with Gasteiger partial charge in [0.05, 0.1) is 0 Å². The molecule has 0 spiro atoms. The van der Waals surface area contributed by atoms with Crippen LogP contribution in [0.15, 0.2) is 18.2 Å². The van der Waals surface area contributed by atoms with Crippen LogP contribution in [0.2, 0.25) is 0 Å². The lowest BCUT2D eigenvalue weighted by Crippen LogP contribution is -2.28. The van der Waals surface area contributed by atoms with Crippen LogP contribution in [0.4, 0.5) is 11.4 Å². The first-order chi connectivity index (χ1) is 9.56. The van der Waals surface area contributed by atoms with Crippen LogP contribution in [0.3, 0.4) is 0 Å². The number of anilines is 2. The first-order valence-electron chi connectivity index (χ1n) is 7.46. The van der Waals surface area contributed by atoms with Crippen LogP contribution in [0.5, 0.6) is 0 Å². The molecule has 1 aliphatic rings. The van der Waals surface area contributed by atoms with Gasteiger partial charge in [-0.2, -0.15) is 0 Å². The summed E-state index contributed by atoms with van der Waals surface area (Å²) in [5, 5.41) is 2.95. The van der Waals surface area contributed by atoms with Crippen LogP contribution in [0.25, 0.3) is 0 Å². The fraction of sp³-hybridized carbons (Fsp3) is 0.562. The lowest BCUT2D eigenvalue weighted by atomic mass is 10.1. The number of rotatable bonds is 5. The number of hydrogen-bond donors (Lipinski definition) is 2. The van der Waals surface area contributed by atoms with Crippen LogP contribution < -0.4 is 11.1 Å². The Morgan fingerprint density at radius 2 is 2.30 bits per heavy atom. The molecule has 1 amide bonds. The second kappa shape index (κ2) is 6.75. The average Bonchev–Trinajstić information content (AvgIpc) is 2.80. The third-order valence-corrected chi connectivity index (χ3v) is 4.08. The highest BCUT2D eigenvalue weighted by molar-refractivity contribution is 5.91. The SMILES string of the molecule is Cc1ccc(N)cc1NC(=O)CCCN1CCCC1C. The molecule has 1 aliphatic heterocycles. The Morgan fingerprint density at radius 3 is 3.00 bits per heavy atom. The van der Waals surface area contributed by atoms with Gasteiger partial charge in [0.1, 0.15) is 0 Å². The predicted molar refractivity (Wildman–Crippen MR) is 83.7 cm³/mol. The average molecular weight is 275 g/mol. The number of nitrogens with two attached hydrogens (primary N) is 1. The normalized spacial score (nSPS) is 19.2. The molecule has 20 heavy (non-hydrogen) atoms. The minimum Gasteiger partial charge on any atom is -0.399 e. The minimum atomic E-state index is 0.0746. The second-order valence-electron chi connectivity index (χ2n) is 5.75. The topological polar surface area (TPSA) is 58.4 Å². The Labute approximate surface area is 121 Å². The minimum absolute atomic E-state index is 0.0746. The Kier molecular flexibility index (Phi) is 5.01. The van der Waals surface area contributed by atoms with E-state index in [0.29, 0.717) is 18.2 Å². The van der Waals surface area contributed by atoms with E-state index in [1.807, 2.05) is 25.1 Å². The zero-order valence-corrected chi connectivity index (χ0v) is 12.5. The van der Waals surface area contributed by atoms with Crippen molar-refractivity contribution in [2.24, 2.45) is 0 Å². The highest BCUT2D eigenvalue weighted by Crippen LogP contribution is 2.19. The quantitative estimate of drug-likeness (QED) is 0.812. The Hall–Kier alpha value is -1.55. The number of aryl methyl sites for hydroxylation is 1. The maximum Gasteiger partial charge on any atom is 0.224 e. The summed E-state index contributed by atoms with van der Waals surface area (Å²) in [7, 11) is 0. The van der Waals surface area contributed by atoms with Crippen LogP contribution in [-0.2, 0) is 4.79 Å². The van der Waals surface area contributed by atoms with Gasteiger partial charge in [-0.3, -0.25) is 4.79 Å². The van der Waals surface area contributed by atoms with Crippen LogP contribution in [-0.4, -0.2) is 29.9 Å². The van der Waals surface area contributed by atoms with Gasteiger partial charge in [0.15, 0.2) is 0 Å². The maximum atomic E-state index is 12.0. The van der Waals surface area contributed by atoms with E-state index < -0.39 is 0 Å². The van der Waals surface area contributed by atoms with Crippen molar-refractivity contribution in [2.75, 3.05) is 24.1 Å². The molecule has 4 heteroatoms. The zero-order chi connectivity index (χ0) is 14.5. The molecule has 1 unspecified atom stereocenters. The van der Waals surface area contributed by atoms with Gasteiger partial charge < -0.3 is 16.0 Å². The van der Waals surface area contributed by atoms with E-state index in [2.05, 4.69) is 17.1 Å². The summed E-state index contributed by atoms with van der Waals surface area (Å²) in [6.07, 6.45) is 4.06. The number of benzene rings is 1. The monoisotopic (exact) mass is 275 g/mol. The van der Waals surface area contributed by atoms with E-state index in [9.17, 15) is 4.79 Å². The van der Waals surface area contributed by atoms with Gasteiger partial charge in [-0.1, -0.05) is 6.07 Å². The number of nitrogen functional groups attached to an aromatic ring is 1. The molecular weight excluding hydrogens is 250 g/mol. The van der Waals surface area contributed by atoms with Crippen molar-refractivity contribution in [2.45, 2.75) is 45.6 Å². The standard InChI is InChI=1S/C16H25N3O/c1-12-7-8-14(17)11-15(12)18-16(20)6-4-10-19-9-3-5-13(19)2/h7-8,11,13H,3-6,9-10,17H2,1-2H3,(H,18,20). The van der Waals surface area contributed by atoms with Crippen molar-refractivity contribution in [1.29, 1.82) is 0 Å². The number of carbonyl (C=O) groups excluding carboxylic acids is 1. The molecule has 0 saturated carbocycles. The van der Waals surface area contributed by atoms with Crippen LogP contribution in [0.1, 0.15) is 38.2 Å². The smallest absolute Gasteiger partial charge is 0.224 e. The summed E-state index contributed by atoms with van der Waals surface area (Å²) >= 11 is 0. The molecule has 1 heterocycles. The molecule has 110 valence electrons. The van der Waals surface area contributed by atoms with E-state index in [4.69, 9.17) is 5.73 Å². The number of likely N-dealkylation sites (tertiary alicyclic amines) is 1. The van der Waals surface area contributed by atoms with E-state index in [1.165, 1.54) is 19.4 Å². The molecule has 4 nitrogen and oxygen atoms in total. The molecule has 1 aromatic rings. The molecule has 0 aromatic heterocycles. The third kappa shape index (κ3) is 3.97. The van der Waals surface area contributed by atoms with Crippen molar-refractivity contribution in [1.82, 2.24) is 4.90 Å². The zero-order valence-electron chi connectivity index (χ0n) is 12.5. The molecule has 1 atom stereocenters. The fourth-order valence-corrected chi connectivity index (χ4v) is 2.75. The summed E-state index contributed by atoms with van der Waals surface area (Å²) in [5.74, 6) is 0.0746. The number of amides is 1. The van der Waals surface area contributed by atoms with Gasteiger partial charge >= 0.3 is 0 Å². The Morgan fingerprint density at radius 1 is 1.50 bits per heavy atom. The summed E-state index contributed by atoms with van der Waals surface area (Å²) < 4.78 is 0. The number of hydrogen-bond acceptors (Lipinski definition) is 3. The van der Waals surface area contributed by atoms with Crippen molar-refractivity contribution in [3.8, 4) is 0 Å². The van der Waals surface area contributed by atoms with Crippen molar-refractivity contribution >= 4 is 17.3 Å². The molecule has 1 saturated heterocycles. The van der Waals surface area contributed by atoms with Crippen LogP contribution >= 0.6 is 0 Å². The van der Waals surface area contributed by atoms with E-state index in [1.54, 1.807) is 0 Å². The summed E-state index contributed by atoms with van der Waals surface area (Å²) in [6, 6.07) is 6.26. The Bertz CT molecular complexity index is 473. The lowest BCUT2D eigenvalue weighted by Gasteiger charge is -2.20. The molecule has 0 bridgehead atoms. The van der Waals surface area contributed by atoms with Crippen molar-refractivity contribution in [3.05, 3.63) is 23.8 Å². The first-order valence-corrected chi connectivity index (χ1v) is 7.46. The molecule has 1 fully saturated rings. The van der Waals surface area contributed by atoms with Gasteiger partial charge in [0.25, 0.3) is 0 Å². The molecule has 3 N–H and O–H groups in total. The van der Waals surface area contributed by atoms with E-state index in [-0.39, 0.29) is 5.91 Å². The fourth-order valence-electron chi connectivity index (χ4n) is 2.75. The molecule has 2 rings (SSSR count). The molecular formula is C16H25N3O. The van der Waals surface area contributed by atoms with E-state index in [0.717, 1.165) is 24.2 Å². The molecule has 0 radical (unpaired) electrons. The maximum absolute atomic E-state index is 12.0. The predicted octanol–water partition coefficient (Wildman–Crippen LogP) is 2.78. The van der Waals surface area contributed by atoms with Crippen molar-refractivity contribution in [3.63, 3.8) is 0 Å². The van der Waals surface area contributed by atoms with Gasteiger partial charge in [0.2, 0.25) is 5.91 Å². The largest absolute Gasteiger partial charge is 0.399 e. The molecule has 0 aliphatic carbocycles.